The summed E-state index contributed by atoms with van der Waals surface area (Å²) >= 11 is 7.39. The summed E-state index contributed by atoms with van der Waals surface area (Å²) in [5, 5.41) is 0. The van der Waals surface area contributed by atoms with Gasteiger partial charge in [-0.15, -0.1) is 0 Å². The van der Waals surface area contributed by atoms with Gasteiger partial charge in [-0.1, -0.05) is 159 Å². The van der Waals surface area contributed by atoms with Gasteiger partial charge in [0.2, 0.25) is 0 Å². The van der Waals surface area contributed by atoms with Gasteiger partial charge in [-0.3, -0.25) is 0 Å². The number of nitrogens with zero attached hydrogens (tertiary/aromatic N) is 5. The van der Waals surface area contributed by atoms with Gasteiger partial charge in [0.05, 0.1) is 11.4 Å². The minimum Gasteiger partial charge on any atom is -0.458 e. The van der Waals surface area contributed by atoms with Gasteiger partial charge >= 0.3 is 0 Å². The minimum atomic E-state index is -0.194. The van der Waals surface area contributed by atoms with Crippen molar-refractivity contribution in [1.82, 2.24) is 0 Å². The fourth-order valence-electron chi connectivity index (χ4n) is 16.4. The first-order chi connectivity index (χ1) is 50.6. The van der Waals surface area contributed by atoms with Crippen LogP contribution in [0.1, 0.15) is 133 Å². The third kappa shape index (κ3) is 13.4. The van der Waals surface area contributed by atoms with E-state index in [0.29, 0.717) is 0 Å². The highest BCUT2D eigenvalue weighted by Gasteiger charge is 2.49. The van der Waals surface area contributed by atoms with E-state index in [1.807, 2.05) is 0 Å². The molecule has 0 fully saturated rings. The number of hydrogen-bond acceptors (Lipinski definition) is 6. The van der Waals surface area contributed by atoms with Crippen molar-refractivity contribution in [1.29, 1.82) is 0 Å². The quantitative estimate of drug-likeness (QED) is 0.0525. The lowest BCUT2D eigenvalue weighted by Gasteiger charge is -2.47. The molecule has 0 aromatic heterocycles. The molecule has 4 aliphatic heterocycles. The second-order valence-corrected chi connectivity index (χ2v) is 33.7. The van der Waals surface area contributed by atoms with Crippen molar-refractivity contribution in [2.45, 2.75) is 138 Å². The third-order valence-electron chi connectivity index (χ3n) is 21.8. The normalized spacial score (nSPS) is 13.0. The van der Waals surface area contributed by atoms with Crippen molar-refractivity contribution in [2.75, 3.05) is 24.5 Å². The van der Waals surface area contributed by atoms with E-state index in [1.165, 1.54) is 88.2 Å². The van der Waals surface area contributed by atoms with E-state index in [9.17, 15) is 0 Å². The molecule has 0 spiro atoms. The smallest absolute Gasteiger partial charge is 0.256 e. The van der Waals surface area contributed by atoms with Gasteiger partial charge in [-0.05, 0) is 350 Å². The fraction of sp³-hybridized carbons (Fsp3) is 0.226. The Kier molecular flexibility index (Phi) is 19.9. The summed E-state index contributed by atoms with van der Waals surface area (Å²) in [6.45, 7) is 18.0. The lowest BCUT2D eigenvalue weighted by molar-refractivity contribution is 0.487. The number of unbranched alkanes of at least 4 members (excludes halogenated alkanes) is 4. The zero-order valence-corrected chi connectivity index (χ0v) is 67.5. The molecule has 4 heterocycles. The van der Waals surface area contributed by atoms with Crippen LogP contribution in [0.15, 0.2) is 243 Å². The monoisotopic (exact) mass is 1690 g/mol. The van der Waals surface area contributed by atoms with Crippen molar-refractivity contribution in [2.24, 2.45) is 0 Å². The number of halogens is 3. The summed E-state index contributed by atoms with van der Waals surface area (Å²) in [5.41, 5.74) is 32.1. The molecule has 12 aromatic rings. The van der Waals surface area contributed by atoms with E-state index in [2.05, 4.69) is 390 Å². The molecule has 4 aliphatic rings. The number of anilines is 15. The van der Waals surface area contributed by atoms with Crippen LogP contribution in [0.2, 0.25) is 0 Å². The zero-order valence-electron chi connectivity index (χ0n) is 61.0. The van der Waals surface area contributed by atoms with E-state index >= 15 is 0 Å². The number of hydrogen-bond donors (Lipinski definition) is 0. The van der Waals surface area contributed by atoms with Crippen LogP contribution in [0, 0.1) is 17.6 Å². The Morgan fingerprint density at radius 3 is 1.17 bits per heavy atom. The molecule has 0 atom stereocenters. The Balaban J connectivity index is 1.01. The Labute approximate surface area is 658 Å². The SMILES string of the molecule is CCCCc1ccc(N(c2ccc(I)cc2)c2cc3c4c(c2)N(c2ccc(C(C)(C)C)cc2)c2cc5c(cc2B4c2cc(C)ccc2O3)B2c3cc(CCCC)ccc3N(c3ccc(CCCC)cc3)c3cc(N(c4ccc(I)cc4)c4ccc(CCCC)cc4)cc(c32)N5c2ccc(I)cc2)cc1. The topological polar surface area (TPSA) is 25.4 Å². The Hall–Kier alpha value is -8.24. The number of fused-ring (bicyclic) bond motifs is 8. The molecule has 0 saturated heterocycles. The van der Waals surface area contributed by atoms with Gasteiger partial charge in [0, 0.05) is 90.7 Å². The first-order valence-electron chi connectivity index (χ1n) is 37.7. The van der Waals surface area contributed by atoms with Crippen LogP contribution in [0.5, 0.6) is 11.5 Å². The van der Waals surface area contributed by atoms with Gasteiger partial charge < -0.3 is 29.2 Å². The van der Waals surface area contributed by atoms with Crippen LogP contribution in [0.25, 0.3) is 0 Å². The molecular formula is C93H88B2I3N5O. The molecule has 6 nitrogen and oxygen atoms in total. The Morgan fingerprint density at radius 2 is 0.702 bits per heavy atom. The number of benzene rings is 12. The van der Waals surface area contributed by atoms with Crippen molar-refractivity contribution in [3.05, 3.63) is 287 Å². The van der Waals surface area contributed by atoms with Crippen LogP contribution >= 0.6 is 67.8 Å². The first kappa shape index (κ1) is 70.1. The van der Waals surface area contributed by atoms with Crippen molar-refractivity contribution in [3.8, 4) is 11.5 Å². The molecule has 0 radical (unpaired) electrons. The highest BCUT2D eigenvalue weighted by Crippen LogP contribution is 2.52. The summed E-state index contributed by atoms with van der Waals surface area (Å²) < 4.78 is 11.1. The highest BCUT2D eigenvalue weighted by atomic mass is 127. The van der Waals surface area contributed by atoms with Gasteiger partial charge in [0.15, 0.2) is 0 Å². The molecule has 16 rings (SSSR count). The molecule has 518 valence electrons. The average molecular weight is 1690 g/mol. The first-order valence-corrected chi connectivity index (χ1v) is 41.0. The molecular weight excluding hydrogens is 1610 g/mol. The highest BCUT2D eigenvalue weighted by molar-refractivity contribution is 14.1. The number of aryl methyl sites for hydroxylation is 5. The van der Waals surface area contributed by atoms with Crippen LogP contribution in [-0.4, -0.2) is 13.4 Å². The number of rotatable bonds is 21. The second-order valence-electron chi connectivity index (χ2n) is 30.0. The van der Waals surface area contributed by atoms with E-state index in [-0.39, 0.29) is 18.8 Å². The second kappa shape index (κ2) is 29.6. The fourth-order valence-corrected chi connectivity index (χ4v) is 17.4. The maximum absolute atomic E-state index is 7.52. The van der Waals surface area contributed by atoms with Gasteiger partial charge in [-0.25, -0.2) is 0 Å². The third-order valence-corrected chi connectivity index (χ3v) is 23.9. The predicted molar refractivity (Wildman–Crippen MR) is 472 cm³/mol. The van der Waals surface area contributed by atoms with Crippen molar-refractivity contribution < 1.29 is 4.74 Å². The number of ether oxygens (including phenoxy) is 1. The van der Waals surface area contributed by atoms with Crippen LogP contribution in [-0.2, 0) is 31.1 Å². The molecule has 0 amide bonds. The van der Waals surface area contributed by atoms with Gasteiger partial charge in [0.25, 0.3) is 13.4 Å². The van der Waals surface area contributed by atoms with Crippen molar-refractivity contribution in [3.63, 3.8) is 0 Å². The lowest BCUT2D eigenvalue weighted by Crippen LogP contribution is -2.64. The van der Waals surface area contributed by atoms with E-state index in [4.69, 9.17) is 4.74 Å². The average Bonchev–Trinajstić information content (AvgIpc) is 0.685. The zero-order chi connectivity index (χ0) is 71.5. The molecule has 12 aromatic carbocycles. The van der Waals surface area contributed by atoms with Crippen LogP contribution < -0.4 is 62.0 Å². The Morgan fingerprint density at radius 1 is 0.327 bits per heavy atom. The van der Waals surface area contributed by atoms with E-state index < -0.39 is 0 Å². The minimum absolute atomic E-state index is 0.0661. The molecule has 104 heavy (non-hydrogen) atoms. The van der Waals surface area contributed by atoms with Gasteiger partial charge in [-0.2, -0.15) is 0 Å². The maximum Gasteiger partial charge on any atom is 0.256 e. The maximum atomic E-state index is 7.52. The summed E-state index contributed by atoms with van der Waals surface area (Å²) in [5.74, 6) is 1.75. The predicted octanol–water partition coefficient (Wildman–Crippen LogP) is 23.9. The molecule has 0 aliphatic carbocycles. The standard InChI is InChI=1S/C93H88B2I3N5O/c1-9-13-17-62-22-37-70(38-23-62)99(72-45-31-67(96)32-46-72)77-55-86-91-87(56-77)102(76-49-35-69(98)36-50-76)84-60-85-81(59-80(84)94(91)79-54-65(20-16-12-4)28-51-83(79)101(86)74-41-26-64(27-42-74)19-15-11-3)95-82-53-61(5)21-52-89(82)104-90-58-78(57-88(92(90)95)103(85)75-43-29-66(30-44-75)93(6,7)8)100(73-47-33-68(97)34-48-73)71-39-24-63(25-40-71)18-14-10-2/h21-60H,9-20H2,1-8H3. The molecule has 0 unspecified atom stereocenters. The van der Waals surface area contributed by atoms with Crippen LogP contribution in [0.3, 0.4) is 0 Å². The summed E-state index contributed by atoms with van der Waals surface area (Å²) in [4.78, 5) is 12.8. The summed E-state index contributed by atoms with van der Waals surface area (Å²) in [6, 6.07) is 94.6. The molecule has 0 bridgehead atoms. The van der Waals surface area contributed by atoms with E-state index in [0.717, 1.165) is 162 Å². The lowest BCUT2D eigenvalue weighted by atomic mass is 9.30. The summed E-state index contributed by atoms with van der Waals surface area (Å²) in [6.07, 6.45) is 13.3. The molecule has 11 heteroatoms. The molecule has 0 N–H and O–H groups in total. The molecule has 0 saturated carbocycles. The largest absolute Gasteiger partial charge is 0.458 e. The summed E-state index contributed by atoms with van der Waals surface area (Å²) in [7, 11) is 0. The van der Waals surface area contributed by atoms with Gasteiger partial charge in [0.1, 0.15) is 11.5 Å². The Bertz CT molecular complexity index is 5160. The van der Waals surface area contributed by atoms with Crippen LogP contribution in [0.4, 0.5) is 85.3 Å². The van der Waals surface area contributed by atoms with E-state index in [1.54, 1.807) is 0 Å². The van der Waals surface area contributed by atoms with Crippen molar-refractivity contribution >= 4 is 199 Å².